The van der Waals surface area contributed by atoms with E-state index in [0.29, 0.717) is 17.5 Å². The van der Waals surface area contributed by atoms with Gasteiger partial charge in [0.15, 0.2) is 5.82 Å². The van der Waals surface area contributed by atoms with Crippen molar-refractivity contribution < 1.29 is 4.52 Å². The van der Waals surface area contributed by atoms with Crippen molar-refractivity contribution in [2.24, 2.45) is 11.1 Å². The van der Waals surface area contributed by atoms with Crippen LogP contribution in [-0.4, -0.2) is 10.1 Å². The van der Waals surface area contributed by atoms with Gasteiger partial charge in [0.2, 0.25) is 5.89 Å². The molecular weight excluding hydrogens is 338 g/mol. The summed E-state index contributed by atoms with van der Waals surface area (Å²) < 4.78 is 6.32. The van der Waals surface area contributed by atoms with Crippen molar-refractivity contribution in [3.8, 4) is 0 Å². The van der Waals surface area contributed by atoms with Crippen molar-refractivity contribution in [1.29, 1.82) is 0 Å². The second kappa shape index (κ2) is 6.28. The largest absolute Gasteiger partial charge is 0.338 e. The molecule has 1 aromatic carbocycles. The van der Waals surface area contributed by atoms with Crippen molar-refractivity contribution in [1.82, 2.24) is 10.1 Å². The van der Waals surface area contributed by atoms with Crippen LogP contribution in [0, 0.1) is 5.41 Å². The first-order chi connectivity index (χ1) is 9.36. The smallest absolute Gasteiger partial charge is 0.244 e. The van der Waals surface area contributed by atoms with E-state index in [1.807, 2.05) is 12.1 Å². The molecule has 1 aromatic heterocycles. The molecule has 0 aliphatic carbocycles. The molecule has 0 fully saturated rings. The Morgan fingerprint density at radius 2 is 1.95 bits per heavy atom. The van der Waals surface area contributed by atoms with E-state index in [1.54, 1.807) is 11.8 Å². The maximum atomic E-state index is 6.10. The average Bonchev–Trinajstić information content (AvgIpc) is 2.85. The van der Waals surface area contributed by atoms with Crippen LogP contribution in [0.2, 0.25) is 0 Å². The van der Waals surface area contributed by atoms with Gasteiger partial charge in [-0.05, 0) is 29.7 Å². The van der Waals surface area contributed by atoms with E-state index in [0.717, 1.165) is 4.47 Å². The Morgan fingerprint density at radius 3 is 2.55 bits per heavy atom. The Labute approximate surface area is 131 Å². The number of halogens is 1. The molecule has 108 valence electrons. The maximum Gasteiger partial charge on any atom is 0.244 e. The molecule has 0 aliphatic heterocycles. The van der Waals surface area contributed by atoms with E-state index in [9.17, 15) is 0 Å². The van der Waals surface area contributed by atoms with Gasteiger partial charge in [-0.3, -0.25) is 0 Å². The number of hydrogen-bond acceptors (Lipinski definition) is 5. The molecule has 2 N–H and O–H groups in total. The summed E-state index contributed by atoms with van der Waals surface area (Å²) in [7, 11) is 0. The molecule has 0 amide bonds. The fourth-order valence-electron chi connectivity index (χ4n) is 1.50. The predicted molar refractivity (Wildman–Crippen MR) is 84.4 cm³/mol. The quantitative estimate of drug-likeness (QED) is 0.833. The van der Waals surface area contributed by atoms with E-state index < -0.39 is 0 Å². The highest BCUT2D eigenvalue weighted by Crippen LogP contribution is 2.30. The highest BCUT2D eigenvalue weighted by atomic mass is 79.9. The molecule has 0 bridgehead atoms. The van der Waals surface area contributed by atoms with Gasteiger partial charge in [-0.2, -0.15) is 4.98 Å². The molecule has 0 radical (unpaired) electrons. The van der Waals surface area contributed by atoms with Crippen LogP contribution in [0.15, 0.2) is 38.2 Å². The second-order valence-electron chi connectivity index (χ2n) is 5.64. The lowest BCUT2D eigenvalue weighted by Gasteiger charge is -2.23. The second-order valence-corrected chi connectivity index (χ2v) is 7.60. The van der Waals surface area contributed by atoms with E-state index in [1.165, 1.54) is 4.90 Å². The molecule has 1 heterocycles. The molecule has 6 heteroatoms. The van der Waals surface area contributed by atoms with Crippen molar-refractivity contribution in [2.45, 2.75) is 37.5 Å². The lowest BCUT2D eigenvalue weighted by molar-refractivity contribution is 0.252. The minimum Gasteiger partial charge on any atom is -0.338 e. The highest BCUT2D eigenvalue weighted by Gasteiger charge is 2.27. The van der Waals surface area contributed by atoms with E-state index in [2.05, 4.69) is 59.0 Å². The number of nitrogens with two attached hydrogens (primary N) is 1. The average molecular weight is 356 g/mol. The minimum atomic E-state index is -0.249. The van der Waals surface area contributed by atoms with Gasteiger partial charge >= 0.3 is 0 Å². The zero-order chi connectivity index (χ0) is 14.8. The molecule has 2 aromatic rings. The number of rotatable bonds is 4. The summed E-state index contributed by atoms with van der Waals surface area (Å²) in [6, 6.07) is 7.88. The maximum absolute atomic E-state index is 6.10. The van der Waals surface area contributed by atoms with Crippen LogP contribution in [0.3, 0.4) is 0 Å². The summed E-state index contributed by atoms with van der Waals surface area (Å²) >= 11 is 5.08. The third-order valence-electron chi connectivity index (χ3n) is 2.86. The topological polar surface area (TPSA) is 64.9 Å². The fourth-order valence-corrected chi connectivity index (χ4v) is 2.51. The summed E-state index contributed by atoms with van der Waals surface area (Å²) in [5.74, 6) is 1.85. The summed E-state index contributed by atoms with van der Waals surface area (Å²) in [6.45, 7) is 6.16. The van der Waals surface area contributed by atoms with Crippen LogP contribution >= 0.6 is 27.7 Å². The van der Waals surface area contributed by atoms with Gasteiger partial charge in [-0.25, -0.2) is 0 Å². The lowest BCUT2D eigenvalue weighted by Crippen LogP contribution is -2.26. The Kier molecular flexibility index (Phi) is 4.88. The third-order valence-corrected chi connectivity index (χ3v) is 4.40. The first-order valence-corrected chi connectivity index (χ1v) is 8.10. The standard InChI is InChI=1S/C14H18BrN3OS/c1-14(2,3)12(16)13-17-11(18-19-13)8-20-10-6-4-9(15)5-7-10/h4-7,12H,8,16H2,1-3H3/t12-/m1/s1. The molecule has 0 saturated heterocycles. The summed E-state index contributed by atoms with van der Waals surface area (Å²) in [6.07, 6.45) is 0. The first-order valence-electron chi connectivity index (χ1n) is 6.32. The van der Waals surface area contributed by atoms with Crippen LogP contribution in [0.4, 0.5) is 0 Å². The van der Waals surface area contributed by atoms with Crippen LogP contribution in [0.1, 0.15) is 38.5 Å². The van der Waals surface area contributed by atoms with E-state index in [4.69, 9.17) is 10.3 Å². The van der Waals surface area contributed by atoms with E-state index in [-0.39, 0.29) is 11.5 Å². The molecule has 2 rings (SSSR count). The fraction of sp³-hybridized carbons (Fsp3) is 0.429. The van der Waals surface area contributed by atoms with Crippen LogP contribution in [-0.2, 0) is 5.75 Å². The summed E-state index contributed by atoms with van der Waals surface area (Å²) in [4.78, 5) is 5.54. The van der Waals surface area contributed by atoms with Crippen LogP contribution in [0.5, 0.6) is 0 Å². The number of nitrogens with zero attached hydrogens (tertiary/aromatic N) is 2. The molecule has 20 heavy (non-hydrogen) atoms. The van der Waals surface area contributed by atoms with Crippen molar-refractivity contribution in [3.05, 3.63) is 40.5 Å². The summed E-state index contributed by atoms with van der Waals surface area (Å²) in [5.41, 5.74) is 6.01. The molecular formula is C14H18BrN3OS. The Morgan fingerprint density at radius 1 is 1.30 bits per heavy atom. The SMILES string of the molecule is CC(C)(C)[C@H](N)c1nc(CSc2ccc(Br)cc2)no1. The molecule has 0 aliphatic rings. The van der Waals surface area contributed by atoms with Crippen molar-refractivity contribution in [2.75, 3.05) is 0 Å². The first kappa shape index (κ1) is 15.5. The van der Waals surface area contributed by atoms with Gasteiger partial charge in [0, 0.05) is 9.37 Å². The molecule has 1 atom stereocenters. The molecule has 0 saturated carbocycles. The normalized spacial score (nSPS) is 13.4. The molecule has 0 spiro atoms. The van der Waals surface area contributed by atoms with Crippen LogP contribution in [0.25, 0.3) is 0 Å². The minimum absolute atomic E-state index is 0.0946. The van der Waals surface area contributed by atoms with Crippen LogP contribution < -0.4 is 5.73 Å². The van der Waals surface area contributed by atoms with Crippen molar-refractivity contribution in [3.63, 3.8) is 0 Å². The van der Waals surface area contributed by atoms with Gasteiger partial charge in [-0.15, -0.1) is 11.8 Å². The predicted octanol–water partition coefficient (Wildman–Crippen LogP) is 4.17. The third kappa shape index (κ3) is 4.07. The number of hydrogen-bond donors (Lipinski definition) is 1. The highest BCUT2D eigenvalue weighted by molar-refractivity contribution is 9.10. The molecule has 4 nitrogen and oxygen atoms in total. The van der Waals surface area contributed by atoms with Gasteiger partial charge in [0.05, 0.1) is 11.8 Å². The Bertz CT molecular complexity index is 563. The Balaban J connectivity index is 1.98. The number of thioether (sulfide) groups is 1. The van der Waals surface area contributed by atoms with Gasteiger partial charge in [0.25, 0.3) is 0 Å². The van der Waals surface area contributed by atoms with Gasteiger partial charge in [-0.1, -0.05) is 41.9 Å². The summed E-state index contributed by atoms with van der Waals surface area (Å²) in [5, 5.41) is 3.99. The van der Waals surface area contributed by atoms with Crippen molar-refractivity contribution >= 4 is 27.7 Å². The number of aromatic nitrogens is 2. The zero-order valence-electron chi connectivity index (χ0n) is 11.8. The molecule has 0 unspecified atom stereocenters. The number of benzene rings is 1. The monoisotopic (exact) mass is 355 g/mol. The van der Waals surface area contributed by atoms with Gasteiger partial charge in [0.1, 0.15) is 0 Å². The Hall–Kier alpha value is -0.850. The van der Waals surface area contributed by atoms with E-state index >= 15 is 0 Å². The van der Waals surface area contributed by atoms with Gasteiger partial charge < -0.3 is 10.3 Å². The zero-order valence-corrected chi connectivity index (χ0v) is 14.2. The lowest BCUT2D eigenvalue weighted by atomic mass is 9.87.